The van der Waals surface area contributed by atoms with Crippen molar-refractivity contribution in [2.75, 3.05) is 0 Å². The highest BCUT2D eigenvalue weighted by molar-refractivity contribution is 6.75. The molecule has 0 aromatic heterocycles. The summed E-state index contributed by atoms with van der Waals surface area (Å²) in [6.45, 7) is 10.9. The summed E-state index contributed by atoms with van der Waals surface area (Å²) >= 11 is 0. The Morgan fingerprint density at radius 2 is 1.00 bits per heavy atom. The van der Waals surface area contributed by atoms with Crippen LogP contribution < -0.4 is 0 Å². The molecule has 0 saturated heterocycles. The molecule has 0 aliphatic carbocycles. The van der Waals surface area contributed by atoms with Crippen LogP contribution in [0.5, 0.6) is 0 Å². The predicted molar refractivity (Wildman–Crippen MR) is 88.6 cm³/mol. The molecule has 5 nitrogen and oxygen atoms in total. The van der Waals surface area contributed by atoms with Gasteiger partial charge in [0.2, 0.25) is 0 Å². The average Bonchev–Trinajstić information content (AvgIpc) is 2.32. The van der Waals surface area contributed by atoms with Gasteiger partial charge in [-0.2, -0.15) is 0 Å². The van der Waals surface area contributed by atoms with Gasteiger partial charge in [0.15, 0.2) is 0 Å². The van der Waals surface area contributed by atoms with Crippen LogP contribution in [-0.2, 0) is 4.12 Å². The highest BCUT2D eigenvalue weighted by Crippen LogP contribution is 2.45. The van der Waals surface area contributed by atoms with E-state index >= 15 is 0 Å². The van der Waals surface area contributed by atoms with Gasteiger partial charge in [-0.1, -0.05) is 67.2 Å². The van der Waals surface area contributed by atoms with E-state index in [9.17, 15) is 19.2 Å². The van der Waals surface area contributed by atoms with Crippen molar-refractivity contribution in [3.8, 4) is 0 Å². The first-order valence-corrected chi connectivity index (χ1v) is 11.5. The molecule has 0 saturated carbocycles. The van der Waals surface area contributed by atoms with E-state index in [-0.39, 0.29) is 0 Å². The lowest BCUT2D eigenvalue weighted by molar-refractivity contribution is 0.108. The van der Waals surface area contributed by atoms with E-state index in [1.54, 1.807) is 27.7 Å². The van der Waals surface area contributed by atoms with Crippen LogP contribution in [0.2, 0.25) is 10.1 Å². The van der Waals surface area contributed by atoms with Crippen molar-refractivity contribution < 1.29 is 23.3 Å². The van der Waals surface area contributed by atoms with Crippen molar-refractivity contribution in [2.24, 2.45) is 0 Å². The largest absolute Gasteiger partial charge is 0.494 e. The molecule has 0 fully saturated rings. The predicted octanol–water partition coefficient (Wildman–Crippen LogP) is 2.79. The summed E-state index contributed by atoms with van der Waals surface area (Å²) in [6, 6.07) is 0. The third-order valence-electron chi connectivity index (χ3n) is 4.36. The molecule has 128 valence electrons. The lowest BCUT2D eigenvalue weighted by atomic mass is 10.1. The molecule has 4 N–H and O–H groups in total. The van der Waals surface area contributed by atoms with E-state index in [1.165, 1.54) is 0 Å². The molecule has 0 heterocycles. The smallest absolute Gasteiger partial charge is 0.390 e. The van der Waals surface area contributed by atoms with Gasteiger partial charge in [-0.05, 0) is 12.8 Å². The van der Waals surface area contributed by atoms with E-state index in [1.807, 2.05) is 13.8 Å². The first-order valence-electron chi connectivity index (χ1n) is 7.92. The Labute approximate surface area is 131 Å². The lowest BCUT2D eigenvalue weighted by Crippen LogP contribution is -2.62. The third kappa shape index (κ3) is 5.74. The zero-order valence-electron chi connectivity index (χ0n) is 14.4. The molecule has 0 unspecified atom stereocenters. The maximum absolute atomic E-state index is 10.4. The van der Waals surface area contributed by atoms with E-state index in [2.05, 4.69) is 0 Å². The minimum absolute atomic E-state index is 0.586. The summed E-state index contributed by atoms with van der Waals surface area (Å²) < 4.78 is 5.25. The van der Waals surface area contributed by atoms with Crippen LogP contribution >= 0.6 is 0 Å². The number of rotatable bonds is 10. The minimum atomic E-state index is -4.19. The van der Waals surface area contributed by atoms with E-state index in [0.717, 1.165) is 25.7 Å². The maximum Gasteiger partial charge on any atom is 0.494 e. The van der Waals surface area contributed by atoms with E-state index < -0.39 is 27.7 Å². The molecule has 0 amide bonds. The molecule has 0 aliphatic rings. The Balaban J connectivity index is 5.04. The van der Waals surface area contributed by atoms with E-state index in [4.69, 9.17) is 4.12 Å². The van der Waals surface area contributed by atoms with Crippen LogP contribution in [0.1, 0.15) is 80.1 Å². The van der Waals surface area contributed by atoms with Crippen LogP contribution in [0.3, 0.4) is 0 Å². The molecule has 0 spiro atoms. The van der Waals surface area contributed by atoms with Crippen molar-refractivity contribution >= 4 is 17.6 Å². The minimum Gasteiger partial charge on any atom is -0.390 e. The molecule has 21 heavy (non-hydrogen) atoms. The Morgan fingerprint density at radius 3 is 1.24 bits per heavy atom. The Kier molecular flexibility index (Phi) is 7.76. The summed E-state index contributed by atoms with van der Waals surface area (Å²) in [5, 5.41) is -1.68. The first kappa shape index (κ1) is 21.2. The van der Waals surface area contributed by atoms with Crippen molar-refractivity contribution in [2.45, 2.75) is 90.1 Å². The molecule has 0 bridgehead atoms. The fourth-order valence-corrected chi connectivity index (χ4v) is 6.84. The molecule has 0 atom stereocenters. The molecule has 0 aromatic carbocycles. The standard InChI is InChI=1S/C14H34O5Si2/c1-7-9-11-13(3,4)20(15,16)19-21(17,18)14(5,6)12-10-8-2/h15-18H,7-12H2,1-6H3. The second-order valence-corrected chi connectivity index (χ2v) is 13.2. The zero-order chi connectivity index (χ0) is 16.9. The van der Waals surface area contributed by atoms with Crippen molar-refractivity contribution in [3.05, 3.63) is 0 Å². The summed E-state index contributed by atoms with van der Waals surface area (Å²) in [7, 11) is -8.38. The van der Waals surface area contributed by atoms with Crippen molar-refractivity contribution in [1.82, 2.24) is 0 Å². The zero-order valence-corrected chi connectivity index (χ0v) is 16.4. The average molecular weight is 339 g/mol. The van der Waals surface area contributed by atoms with Crippen LogP contribution in [-0.4, -0.2) is 36.8 Å². The molecule has 0 aliphatic heterocycles. The van der Waals surface area contributed by atoms with Crippen LogP contribution in [0.25, 0.3) is 0 Å². The Morgan fingerprint density at radius 1 is 0.714 bits per heavy atom. The summed E-state index contributed by atoms with van der Waals surface area (Å²) in [6.07, 6.45) is 4.74. The molecule has 0 rings (SSSR count). The number of unbranched alkanes of at least 4 members (excludes halogenated alkanes) is 2. The second kappa shape index (κ2) is 7.67. The van der Waals surface area contributed by atoms with Crippen molar-refractivity contribution in [1.29, 1.82) is 0 Å². The monoisotopic (exact) mass is 338 g/mol. The summed E-state index contributed by atoms with van der Waals surface area (Å²) in [5.41, 5.74) is 0. The fraction of sp³-hybridized carbons (Fsp3) is 1.00. The topological polar surface area (TPSA) is 90.2 Å². The van der Waals surface area contributed by atoms with Crippen LogP contribution in [0, 0.1) is 0 Å². The third-order valence-corrected chi connectivity index (χ3v) is 10.7. The van der Waals surface area contributed by atoms with Gasteiger partial charge < -0.3 is 23.3 Å². The van der Waals surface area contributed by atoms with Gasteiger partial charge >= 0.3 is 17.6 Å². The van der Waals surface area contributed by atoms with Gasteiger partial charge in [-0.3, -0.25) is 0 Å². The summed E-state index contributed by atoms with van der Waals surface area (Å²) in [5.74, 6) is 0. The quantitative estimate of drug-likeness (QED) is 0.460. The first-order chi connectivity index (χ1) is 9.33. The van der Waals surface area contributed by atoms with Gasteiger partial charge in [-0.15, -0.1) is 0 Å². The SMILES string of the molecule is CCCCC(C)(C)[Si](O)(O)O[Si](O)(O)C(C)(C)CCCC. The number of hydrogen-bond acceptors (Lipinski definition) is 5. The van der Waals surface area contributed by atoms with Gasteiger partial charge in [0.25, 0.3) is 0 Å². The van der Waals surface area contributed by atoms with Gasteiger partial charge in [0, 0.05) is 10.1 Å². The normalized spacial score (nSPS) is 14.6. The molecular weight excluding hydrogens is 304 g/mol. The van der Waals surface area contributed by atoms with Gasteiger partial charge in [-0.25, -0.2) is 0 Å². The Bertz CT molecular complexity index is 286. The lowest BCUT2D eigenvalue weighted by Gasteiger charge is -2.42. The Hall–Kier alpha value is 0.234. The molecule has 0 aromatic rings. The highest BCUT2D eigenvalue weighted by atomic mass is 28.5. The fourth-order valence-electron chi connectivity index (χ4n) is 2.04. The van der Waals surface area contributed by atoms with Crippen LogP contribution in [0.4, 0.5) is 0 Å². The molecule has 0 radical (unpaired) electrons. The van der Waals surface area contributed by atoms with Gasteiger partial charge in [0.1, 0.15) is 0 Å². The van der Waals surface area contributed by atoms with Crippen LogP contribution in [0.15, 0.2) is 0 Å². The van der Waals surface area contributed by atoms with Gasteiger partial charge in [0.05, 0.1) is 0 Å². The second-order valence-electron chi connectivity index (χ2n) is 7.29. The van der Waals surface area contributed by atoms with E-state index in [0.29, 0.717) is 12.8 Å². The summed E-state index contributed by atoms with van der Waals surface area (Å²) in [4.78, 5) is 41.5. The number of hydrogen-bond donors (Lipinski definition) is 4. The maximum atomic E-state index is 10.4. The highest BCUT2D eigenvalue weighted by Gasteiger charge is 2.60. The molecule has 7 heteroatoms. The molecular formula is C14H34O5Si2. The van der Waals surface area contributed by atoms with Crippen molar-refractivity contribution in [3.63, 3.8) is 0 Å².